The van der Waals surface area contributed by atoms with Gasteiger partial charge in [-0.2, -0.15) is 4.72 Å². The van der Waals surface area contributed by atoms with Crippen LogP contribution in [0.1, 0.15) is 12.5 Å². The van der Waals surface area contributed by atoms with Crippen LogP contribution in [0.4, 0.5) is 0 Å². The van der Waals surface area contributed by atoms with E-state index < -0.39 is 34.5 Å². The van der Waals surface area contributed by atoms with Crippen molar-refractivity contribution >= 4 is 21.9 Å². The van der Waals surface area contributed by atoms with E-state index in [1.54, 1.807) is 24.3 Å². The molecule has 7 nitrogen and oxygen atoms in total. The smallest absolute Gasteiger partial charge is 0.324 e. The number of carbonyl (C=O) groups excluding carboxylic acids is 2. The van der Waals surface area contributed by atoms with E-state index in [0.717, 1.165) is 5.56 Å². The SMILES string of the molecule is C=CCN(CC=C)C(=O)COC(=O)[C@H](C)NS(=O)(=O)c1ccc(C)cc1. The van der Waals surface area contributed by atoms with Crippen molar-refractivity contribution in [2.45, 2.75) is 24.8 Å². The lowest BCUT2D eigenvalue weighted by molar-refractivity contribution is -0.152. The molecule has 0 unspecified atom stereocenters. The second-order valence-electron chi connectivity index (χ2n) is 5.64. The predicted molar refractivity (Wildman–Crippen MR) is 98.9 cm³/mol. The van der Waals surface area contributed by atoms with E-state index in [0.29, 0.717) is 0 Å². The van der Waals surface area contributed by atoms with E-state index in [1.807, 2.05) is 6.92 Å². The number of ether oxygens (including phenoxy) is 1. The van der Waals surface area contributed by atoms with Gasteiger partial charge < -0.3 is 9.64 Å². The van der Waals surface area contributed by atoms with E-state index in [2.05, 4.69) is 17.9 Å². The third kappa shape index (κ3) is 6.45. The molecule has 0 bridgehead atoms. The third-order valence-electron chi connectivity index (χ3n) is 3.41. The van der Waals surface area contributed by atoms with Crippen molar-refractivity contribution in [3.05, 3.63) is 55.1 Å². The van der Waals surface area contributed by atoms with Crippen molar-refractivity contribution in [2.75, 3.05) is 19.7 Å². The van der Waals surface area contributed by atoms with Gasteiger partial charge in [0.15, 0.2) is 6.61 Å². The lowest BCUT2D eigenvalue weighted by atomic mass is 10.2. The fraction of sp³-hybridized carbons (Fsp3) is 0.333. The van der Waals surface area contributed by atoms with E-state index in [4.69, 9.17) is 4.74 Å². The molecular weight excluding hydrogens is 356 g/mol. The fourth-order valence-electron chi connectivity index (χ4n) is 2.01. The van der Waals surface area contributed by atoms with Gasteiger partial charge in [-0.1, -0.05) is 29.8 Å². The lowest BCUT2D eigenvalue weighted by Gasteiger charge is -2.20. The van der Waals surface area contributed by atoms with Crippen LogP contribution in [-0.2, 0) is 24.3 Å². The average molecular weight is 380 g/mol. The van der Waals surface area contributed by atoms with Crippen molar-refractivity contribution in [2.24, 2.45) is 0 Å². The number of nitrogens with zero attached hydrogens (tertiary/aromatic N) is 1. The highest BCUT2D eigenvalue weighted by molar-refractivity contribution is 7.89. The van der Waals surface area contributed by atoms with E-state index >= 15 is 0 Å². The van der Waals surface area contributed by atoms with Gasteiger partial charge in [0.25, 0.3) is 5.91 Å². The molecule has 0 aliphatic carbocycles. The average Bonchev–Trinajstić information content (AvgIpc) is 2.59. The van der Waals surface area contributed by atoms with Gasteiger partial charge >= 0.3 is 5.97 Å². The van der Waals surface area contributed by atoms with Crippen LogP contribution < -0.4 is 4.72 Å². The minimum Gasteiger partial charge on any atom is -0.454 e. The van der Waals surface area contributed by atoms with Gasteiger partial charge in [0.05, 0.1) is 4.90 Å². The Morgan fingerprint density at radius 2 is 1.73 bits per heavy atom. The van der Waals surface area contributed by atoms with Crippen LogP contribution in [-0.4, -0.2) is 50.9 Å². The molecule has 1 atom stereocenters. The molecule has 0 aliphatic heterocycles. The molecule has 8 heteroatoms. The molecule has 1 N–H and O–H groups in total. The molecule has 0 saturated carbocycles. The van der Waals surface area contributed by atoms with Crippen molar-refractivity contribution < 1.29 is 22.7 Å². The Labute approximate surface area is 154 Å². The number of benzene rings is 1. The molecule has 1 aromatic carbocycles. The molecule has 0 spiro atoms. The Balaban J connectivity index is 2.64. The number of hydrogen-bond acceptors (Lipinski definition) is 5. The summed E-state index contributed by atoms with van der Waals surface area (Å²) in [6, 6.07) is 5.07. The Kier molecular flexibility index (Phi) is 8.21. The first kappa shape index (κ1) is 21.6. The van der Waals surface area contributed by atoms with Gasteiger partial charge in [0.1, 0.15) is 6.04 Å². The third-order valence-corrected chi connectivity index (χ3v) is 4.96. The van der Waals surface area contributed by atoms with Crippen LogP contribution in [0, 0.1) is 6.92 Å². The summed E-state index contributed by atoms with van der Waals surface area (Å²) in [6.07, 6.45) is 3.09. The summed E-state index contributed by atoms with van der Waals surface area (Å²) in [5.41, 5.74) is 0.915. The first-order valence-corrected chi connectivity index (χ1v) is 9.44. The number of esters is 1. The molecule has 0 aromatic heterocycles. The fourth-order valence-corrected chi connectivity index (χ4v) is 3.20. The Morgan fingerprint density at radius 1 is 1.19 bits per heavy atom. The highest BCUT2D eigenvalue weighted by Crippen LogP contribution is 2.10. The monoisotopic (exact) mass is 380 g/mol. The van der Waals surface area contributed by atoms with Crippen LogP contribution in [0.5, 0.6) is 0 Å². The zero-order valence-corrected chi connectivity index (χ0v) is 15.8. The summed E-state index contributed by atoms with van der Waals surface area (Å²) < 4.78 is 31.7. The summed E-state index contributed by atoms with van der Waals surface area (Å²) in [4.78, 5) is 25.4. The summed E-state index contributed by atoms with van der Waals surface area (Å²) in [5.74, 6) is -1.27. The van der Waals surface area contributed by atoms with Crippen LogP contribution in [0.25, 0.3) is 0 Å². The van der Waals surface area contributed by atoms with E-state index in [9.17, 15) is 18.0 Å². The standard InChI is InChI=1S/C18H24N2O5S/c1-5-11-20(12-6-2)17(21)13-25-18(22)15(4)19-26(23,24)16-9-7-14(3)8-10-16/h5-10,15,19H,1-2,11-13H2,3-4H3/t15-/m0/s1. The summed E-state index contributed by atoms with van der Waals surface area (Å²) >= 11 is 0. The van der Waals surface area contributed by atoms with Crippen LogP contribution in [0.2, 0.25) is 0 Å². The Morgan fingerprint density at radius 3 is 2.23 bits per heavy atom. The lowest BCUT2D eigenvalue weighted by Crippen LogP contribution is -2.41. The van der Waals surface area contributed by atoms with Gasteiger partial charge in [-0.25, -0.2) is 8.42 Å². The van der Waals surface area contributed by atoms with Crippen molar-refractivity contribution in [3.63, 3.8) is 0 Å². The van der Waals surface area contributed by atoms with Crippen LogP contribution in [0.15, 0.2) is 54.5 Å². The first-order chi connectivity index (χ1) is 12.2. The molecular formula is C18H24N2O5S. The summed E-state index contributed by atoms with van der Waals surface area (Å²) in [6.45, 7) is 10.4. The highest BCUT2D eigenvalue weighted by atomic mass is 32.2. The maximum absolute atomic E-state index is 12.3. The van der Waals surface area contributed by atoms with E-state index in [1.165, 1.54) is 24.0 Å². The molecule has 1 aromatic rings. The molecule has 0 saturated heterocycles. The Bertz CT molecular complexity index is 746. The highest BCUT2D eigenvalue weighted by Gasteiger charge is 2.24. The quantitative estimate of drug-likeness (QED) is 0.489. The van der Waals surface area contributed by atoms with Gasteiger partial charge in [-0.05, 0) is 26.0 Å². The Hall–Kier alpha value is -2.45. The molecule has 1 amide bonds. The van der Waals surface area contributed by atoms with Crippen LogP contribution >= 0.6 is 0 Å². The van der Waals surface area contributed by atoms with Gasteiger partial charge in [0.2, 0.25) is 10.0 Å². The summed E-state index contributed by atoms with van der Waals surface area (Å²) in [7, 11) is -3.87. The molecule has 1 rings (SSSR count). The molecule has 0 heterocycles. The van der Waals surface area contributed by atoms with Gasteiger partial charge in [-0.3, -0.25) is 9.59 Å². The topological polar surface area (TPSA) is 92.8 Å². The number of sulfonamides is 1. The minimum atomic E-state index is -3.87. The number of carbonyl (C=O) groups is 2. The van der Waals surface area contributed by atoms with Crippen molar-refractivity contribution in [1.29, 1.82) is 0 Å². The molecule has 0 radical (unpaired) electrons. The predicted octanol–water partition coefficient (Wildman–Crippen LogP) is 1.41. The minimum absolute atomic E-state index is 0.0435. The largest absolute Gasteiger partial charge is 0.454 e. The number of aryl methyl sites for hydroxylation is 1. The van der Waals surface area contributed by atoms with Crippen molar-refractivity contribution in [3.8, 4) is 0 Å². The first-order valence-electron chi connectivity index (χ1n) is 7.96. The number of amides is 1. The second-order valence-corrected chi connectivity index (χ2v) is 7.35. The molecule has 0 fully saturated rings. The second kappa shape index (κ2) is 9.88. The molecule has 26 heavy (non-hydrogen) atoms. The molecule has 0 aliphatic rings. The maximum Gasteiger partial charge on any atom is 0.324 e. The summed E-state index contributed by atoms with van der Waals surface area (Å²) in [5, 5.41) is 0. The zero-order valence-electron chi connectivity index (χ0n) is 15.0. The number of nitrogens with one attached hydrogen (secondary N) is 1. The van der Waals surface area contributed by atoms with Gasteiger partial charge in [0, 0.05) is 13.1 Å². The molecule has 142 valence electrons. The van der Waals surface area contributed by atoms with Crippen molar-refractivity contribution in [1.82, 2.24) is 9.62 Å². The van der Waals surface area contributed by atoms with Gasteiger partial charge in [-0.15, -0.1) is 13.2 Å². The number of hydrogen-bond donors (Lipinski definition) is 1. The van der Waals surface area contributed by atoms with Crippen LogP contribution in [0.3, 0.4) is 0 Å². The normalized spacial score (nSPS) is 12.1. The van der Waals surface area contributed by atoms with E-state index in [-0.39, 0.29) is 18.0 Å². The number of rotatable bonds is 10. The maximum atomic E-state index is 12.3. The zero-order chi connectivity index (χ0) is 19.7.